The monoisotopic (exact) mass is 686 g/mol. The standard InChI is InChI=1S/C52H34N2/c1-2-15-39(16-3-1)54-49-22-11-10-21-46(49)52-50(23-12-24-51(52)54)53(41-32-29-36-26-25-35-13-4-6-17-42(35)48(36)34-41)40-30-27-37(28-31-40)47-33-38-14-5-7-18-43(38)44-19-8-9-20-45(44)47/h1-34H. The number of benzene rings is 10. The molecule has 0 saturated carbocycles. The molecular weight excluding hydrogens is 653 g/mol. The SMILES string of the molecule is c1ccc(-n2c3ccccc3c3c(N(c4ccc(-c5cc6ccccc6c6ccccc56)cc4)c4ccc5ccc6ccccc6c5c4)cccc32)cc1. The van der Waals surface area contributed by atoms with Crippen molar-refractivity contribution in [3.8, 4) is 16.8 Å². The molecule has 54 heavy (non-hydrogen) atoms. The van der Waals surface area contributed by atoms with Gasteiger partial charge in [-0.25, -0.2) is 0 Å². The summed E-state index contributed by atoms with van der Waals surface area (Å²) < 4.78 is 2.40. The highest BCUT2D eigenvalue weighted by Gasteiger charge is 2.22. The lowest BCUT2D eigenvalue weighted by Crippen LogP contribution is -2.10. The molecule has 2 nitrogen and oxygen atoms in total. The molecule has 252 valence electrons. The highest BCUT2D eigenvalue weighted by atomic mass is 15.1. The van der Waals surface area contributed by atoms with Crippen molar-refractivity contribution in [2.75, 3.05) is 4.90 Å². The van der Waals surface area contributed by atoms with Crippen LogP contribution >= 0.6 is 0 Å². The van der Waals surface area contributed by atoms with E-state index in [1.165, 1.54) is 76.0 Å². The second-order valence-corrected chi connectivity index (χ2v) is 14.1. The molecule has 0 spiro atoms. The smallest absolute Gasteiger partial charge is 0.0562 e. The van der Waals surface area contributed by atoms with Crippen molar-refractivity contribution in [3.05, 3.63) is 206 Å². The summed E-state index contributed by atoms with van der Waals surface area (Å²) in [5.41, 5.74) is 9.32. The van der Waals surface area contributed by atoms with Gasteiger partial charge in [-0.05, 0) is 115 Å². The van der Waals surface area contributed by atoms with Crippen molar-refractivity contribution < 1.29 is 0 Å². The van der Waals surface area contributed by atoms with Crippen LogP contribution in [0, 0.1) is 0 Å². The summed E-state index contributed by atoms with van der Waals surface area (Å²) in [7, 11) is 0. The quantitative estimate of drug-likeness (QED) is 0.164. The van der Waals surface area contributed by atoms with Gasteiger partial charge in [0.1, 0.15) is 0 Å². The van der Waals surface area contributed by atoms with E-state index in [9.17, 15) is 0 Å². The number of nitrogens with zero attached hydrogens (tertiary/aromatic N) is 2. The van der Waals surface area contributed by atoms with Gasteiger partial charge in [-0.2, -0.15) is 0 Å². The number of rotatable bonds is 5. The molecule has 1 aromatic heterocycles. The summed E-state index contributed by atoms with van der Waals surface area (Å²) in [5.74, 6) is 0. The summed E-state index contributed by atoms with van der Waals surface area (Å²) in [6.07, 6.45) is 0. The van der Waals surface area contributed by atoms with Crippen molar-refractivity contribution in [1.82, 2.24) is 4.57 Å². The van der Waals surface area contributed by atoms with Crippen LogP contribution in [0.2, 0.25) is 0 Å². The lowest BCUT2D eigenvalue weighted by molar-refractivity contribution is 1.18. The topological polar surface area (TPSA) is 8.17 Å². The van der Waals surface area contributed by atoms with E-state index < -0.39 is 0 Å². The Morgan fingerprint density at radius 3 is 1.70 bits per heavy atom. The maximum atomic E-state index is 2.45. The Morgan fingerprint density at radius 2 is 0.907 bits per heavy atom. The Labute approximate surface area is 313 Å². The zero-order valence-electron chi connectivity index (χ0n) is 29.5. The van der Waals surface area contributed by atoms with Crippen LogP contribution in [0.25, 0.3) is 81.7 Å². The van der Waals surface area contributed by atoms with Crippen molar-refractivity contribution in [3.63, 3.8) is 0 Å². The molecule has 0 atom stereocenters. The molecule has 2 heteroatoms. The zero-order valence-corrected chi connectivity index (χ0v) is 29.5. The molecule has 11 rings (SSSR count). The molecular formula is C52H34N2. The third-order valence-electron chi connectivity index (χ3n) is 11.1. The van der Waals surface area contributed by atoms with Crippen LogP contribution in [0.15, 0.2) is 206 Å². The predicted octanol–water partition coefficient (Wildman–Crippen LogP) is 14.5. The van der Waals surface area contributed by atoms with E-state index in [1.807, 2.05) is 0 Å². The Hall–Kier alpha value is -7.16. The van der Waals surface area contributed by atoms with Crippen LogP contribution in [0.1, 0.15) is 0 Å². The number of fused-ring (bicyclic) bond motifs is 9. The van der Waals surface area contributed by atoms with E-state index in [-0.39, 0.29) is 0 Å². The second-order valence-electron chi connectivity index (χ2n) is 14.1. The number of para-hydroxylation sites is 2. The Bertz CT molecular complexity index is 3210. The lowest BCUT2D eigenvalue weighted by atomic mass is 9.93. The third kappa shape index (κ3) is 4.74. The fraction of sp³-hybridized carbons (Fsp3) is 0. The van der Waals surface area contributed by atoms with Crippen molar-refractivity contribution in [2.24, 2.45) is 0 Å². The Kier molecular flexibility index (Phi) is 6.90. The van der Waals surface area contributed by atoms with Crippen molar-refractivity contribution in [1.29, 1.82) is 0 Å². The molecule has 0 bridgehead atoms. The average Bonchev–Trinajstić information content (AvgIpc) is 3.59. The summed E-state index contributed by atoms with van der Waals surface area (Å²) in [5, 5.41) is 12.5. The molecule has 0 N–H and O–H groups in total. The minimum Gasteiger partial charge on any atom is -0.310 e. The van der Waals surface area contributed by atoms with Gasteiger partial charge in [-0.15, -0.1) is 0 Å². The first-order valence-corrected chi connectivity index (χ1v) is 18.6. The molecule has 0 unspecified atom stereocenters. The van der Waals surface area contributed by atoms with Gasteiger partial charge in [0, 0.05) is 27.8 Å². The zero-order chi connectivity index (χ0) is 35.6. The summed E-state index contributed by atoms with van der Waals surface area (Å²) in [6, 6.07) is 75.3. The minimum absolute atomic E-state index is 1.10. The first kappa shape index (κ1) is 30.5. The van der Waals surface area contributed by atoms with Gasteiger partial charge in [0.25, 0.3) is 0 Å². The van der Waals surface area contributed by atoms with Crippen molar-refractivity contribution in [2.45, 2.75) is 0 Å². The largest absolute Gasteiger partial charge is 0.310 e. The van der Waals surface area contributed by atoms with Gasteiger partial charge in [-0.1, -0.05) is 146 Å². The number of hydrogen-bond acceptors (Lipinski definition) is 1. The fourth-order valence-electron chi connectivity index (χ4n) is 8.68. The number of hydrogen-bond donors (Lipinski definition) is 0. The van der Waals surface area contributed by atoms with Gasteiger partial charge in [0.2, 0.25) is 0 Å². The van der Waals surface area contributed by atoms with E-state index in [2.05, 4.69) is 216 Å². The molecule has 0 aliphatic heterocycles. The lowest BCUT2D eigenvalue weighted by Gasteiger charge is -2.27. The van der Waals surface area contributed by atoms with Gasteiger partial charge in [0.05, 0.1) is 16.7 Å². The third-order valence-corrected chi connectivity index (χ3v) is 11.1. The molecule has 0 fully saturated rings. The van der Waals surface area contributed by atoms with E-state index in [4.69, 9.17) is 0 Å². The predicted molar refractivity (Wildman–Crippen MR) is 231 cm³/mol. The van der Waals surface area contributed by atoms with Crippen LogP contribution in [-0.2, 0) is 0 Å². The number of anilines is 3. The van der Waals surface area contributed by atoms with E-state index >= 15 is 0 Å². The fourth-order valence-corrected chi connectivity index (χ4v) is 8.68. The Balaban J connectivity index is 1.17. The van der Waals surface area contributed by atoms with Gasteiger partial charge < -0.3 is 9.47 Å². The molecule has 10 aromatic carbocycles. The molecule has 0 saturated heterocycles. The summed E-state index contributed by atoms with van der Waals surface area (Å²) in [4.78, 5) is 2.45. The summed E-state index contributed by atoms with van der Waals surface area (Å²) >= 11 is 0. The highest BCUT2D eigenvalue weighted by molar-refractivity contribution is 6.18. The average molecular weight is 687 g/mol. The van der Waals surface area contributed by atoms with Crippen LogP contribution < -0.4 is 4.90 Å². The van der Waals surface area contributed by atoms with E-state index in [0.29, 0.717) is 0 Å². The van der Waals surface area contributed by atoms with Crippen LogP contribution in [-0.4, -0.2) is 4.57 Å². The van der Waals surface area contributed by atoms with Crippen LogP contribution in [0.3, 0.4) is 0 Å². The van der Waals surface area contributed by atoms with Crippen LogP contribution in [0.4, 0.5) is 17.1 Å². The number of aromatic nitrogens is 1. The van der Waals surface area contributed by atoms with Gasteiger partial charge in [0.15, 0.2) is 0 Å². The maximum absolute atomic E-state index is 2.45. The maximum Gasteiger partial charge on any atom is 0.0562 e. The van der Waals surface area contributed by atoms with Crippen molar-refractivity contribution >= 4 is 82.0 Å². The molecule has 11 aromatic rings. The Morgan fingerprint density at radius 1 is 0.333 bits per heavy atom. The minimum atomic E-state index is 1.10. The van der Waals surface area contributed by atoms with E-state index in [0.717, 1.165) is 22.7 Å². The molecule has 0 aliphatic rings. The van der Waals surface area contributed by atoms with Gasteiger partial charge >= 0.3 is 0 Å². The second kappa shape index (κ2) is 12.2. The van der Waals surface area contributed by atoms with Gasteiger partial charge in [-0.3, -0.25) is 0 Å². The molecule has 0 aliphatic carbocycles. The molecule has 0 amide bonds. The van der Waals surface area contributed by atoms with E-state index in [1.54, 1.807) is 0 Å². The summed E-state index contributed by atoms with van der Waals surface area (Å²) in [6.45, 7) is 0. The first-order valence-electron chi connectivity index (χ1n) is 18.6. The van der Waals surface area contributed by atoms with Crippen LogP contribution in [0.5, 0.6) is 0 Å². The first-order chi connectivity index (χ1) is 26.8. The highest BCUT2D eigenvalue weighted by Crippen LogP contribution is 2.45. The molecule has 0 radical (unpaired) electrons. The normalized spacial score (nSPS) is 11.7. The molecule has 1 heterocycles.